The van der Waals surface area contributed by atoms with Crippen LogP contribution < -0.4 is 10.2 Å². The van der Waals surface area contributed by atoms with Gasteiger partial charge in [0.15, 0.2) is 5.65 Å². The third-order valence-electron chi connectivity index (χ3n) is 7.22. The molecule has 1 N–H and O–H groups in total. The van der Waals surface area contributed by atoms with Crippen molar-refractivity contribution in [2.24, 2.45) is 5.41 Å². The molecule has 1 atom stereocenters. The lowest BCUT2D eigenvalue weighted by atomic mass is 9.73. The molecule has 36 heavy (non-hydrogen) atoms. The Balaban J connectivity index is 1.41. The highest BCUT2D eigenvalue weighted by molar-refractivity contribution is 7.99. The zero-order chi connectivity index (χ0) is 25.5. The summed E-state index contributed by atoms with van der Waals surface area (Å²) in [6.45, 7) is 9.14. The number of nitrogens with one attached hydrogen (secondary N) is 1. The van der Waals surface area contributed by atoms with E-state index < -0.39 is 5.60 Å². The van der Waals surface area contributed by atoms with Gasteiger partial charge >= 0.3 is 6.09 Å². The van der Waals surface area contributed by atoms with Crippen molar-refractivity contribution in [3.05, 3.63) is 41.6 Å². The average molecular weight is 529 g/mol. The number of nitrogens with zero attached hydrogens (tertiary/aromatic N) is 5. The Morgan fingerprint density at radius 3 is 2.69 bits per heavy atom. The number of hydrogen-bond acceptors (Lipinski definition) is 7. The molecule has 1 unspecified atom stereocenters. The van der Waals surface area contributed by atoms with E-state index >= 15 is 0 Å². The Hall–Kier alpha value is -2.52. The monoisotopic (exact) mass is 528 g/mol. The molecule has 1 saturated carbocycles. The SMILES string of the molecule is Cc1nccc(Sc2cnc(N3CCC4(CCCC4)C(NC(=O)OC(C)(C)C)C3)n3ccnc23)c1Cl. The van der Waals surface area contributed by atoms with Crippen LogP contribution in [0.15, 0.2) is 40.6 Å². The van der Waals surface area contributed by atoms with Crippen molar-refractivity contribution in [3.8, 4) is 0 Å². The van der Waals surface area contributed by atoms with Crippen LogP contribution in [-0.2, 0) is 4.74 Å². The number of imidazole rings is 1. The van der Waals surface area contributed by atoms with Gasteiger partial charge in [0, 0.05) is 42.8 Å². The van der Waals surface area contributed by atoms with E-state index in [0.717, 1.165) is 52.9 Å². The highest BCUT2D eigenvalue weighted by Gasteiger charge is 2.46. The number of carbonyl (C=O) groups is 1. The molecule has 0 bridgehead atoms. The molecule has 1 amide bonds. The first-order valence-corrected chi connectivity index (χ1v) is 13.7. The van der Waals surface area contributed by atoms with Crippen LogP contribution in [0.25, 0.3) is 5.65 Å². The van der Waals surface area contributed by atoms with Crippen molar-refractivity contribution in [2.75, 3.05) is 18.0 Å². The zero-order valence-electron chi connectivity index (χ0n) is 21.3. The molecule has 2 aliphatic rings. The maximum Gasteiger partial charge on any atom is 0.407 e. The molecule has 1 saturated heterocycles. The molecule has 1 spiro atoms. The minimum Gasteiger partial charge on any atom is -0.444 e. The van der Waals surface area contributed by atoms with Crippen LogP contribution in [0.1, 0.15) is 58.6 Å². The minimum absolute atomic E-state index is 0.00313. The average Bonchev–Trinajstić information content (AvgIpc) is 3.48. The number of aryl methyl sites for hydroxylation is 1. The Kier molecular flexibility index (Phi) is 6.80. The van der Waals surface area contributed by atoms with Crippen molar-refractivity contribution in [2.45, 2.75) is 81.2 Å². The maximum absolute atomic E-state index is 12.8. The second kappa shape index (κ2) is 9.74. The molecule has 1 aliphatic heterocycles. The molecule has 8 nitrogen and oxygen atoms in total. The van der Waals surface area contributed by atoms with Crippen LogP contribution in [0.3, 0.4) is 0 Å². The summed E-state index contributed by atoms with van der Waals surface area (Å²) in [5, 5.41) is 3.87. The van der Waals surface area contributed by atoms with Gasteiger partial charge in [0.1, 0.15) is 5.60 Å². The fourth-order valence-electron chi connectivity index (χ4n) is 5.46. The topological polar surface area (TPSA) is 84.7 Å². The molecule has 10 heteroatoms. The Morgan fingerprint density at radius 1 is 1.17 bits per heavy atom. The first-order valence-electron chi connectivity index (χ1n) is 12.5. The van der Waals surface area contributed by atoms with Crippen LogP contribution in [0.4, 0.5) is 10.7 Å². The number of rotatable bonds is 4. The summed E-state index contributed by atoms with van der Waals surface area (Å²) in [6, 6.07) is 1.91. The predicted molar refractivity (Wildman–Crippen MR) is 142 cm³/mol. The van der Waals surface area contributed by atoms with E-state index in [1.165, 1.54) is 24.6 Å². The summed E-state index contributed by atoms with van der Waals surface area (Å²) in [4.78, 5) is 30.6. The number of pyridine rings is 1. The van der Waals surface area contributed by atoms with Gasteiger partial charge in [0.05, 0.1) is 21.7 Å². The standard InChI is InChI=1S/C26H33ClN6O2S/c1-17-21(27)18(7-11-28-17)36-19-15-30-23(33-14-12-29-22(19)33)32-13-10-26(8-5-6-9-26)20(16-32)31-24(34)35-25(2,3)4/h7,11-12,14-15,20H,5-6,8-10,13,16H2,1-4H3,(H,31,34). The lowest BCUT2D eigenvalue weighted by Gasteiger charge is -2.46. The number of ether oxygens (including phenoxy) is 1. The van der Waals surface area contributed by atoms with Crippen LogP contribution >= 0.6 is 23.4 Å². The Morgan fingerprint density at radius 2 is 1.94 bits per heavy atom. The van der Waals surface area contributed by atoms with E-state index in [1.54, 1.807) is 12.4 Å². The fourth-order valence-corrected chi connectivity index (χ4v) is 6.63. The van der Waals surface area contributed by atoms with E-state index in [9.17, 15) is 4.79 Å². The van der Waals surface area contributed by atoms with E-state index in [4.69, 9.17) is 21.3 Å². The first-order chi connectivity index (χ1) is 17.2. The van der Waals surface area contributed by atoms with E-state index in [0.29, 0.717) is 11.6 Å². The number of anilines is 1. The van der Waals surface area contributed by atoms with Crippen molar-refractivity contribution >= 4 is 41.1 Å². The quantitative estimate of drug-likeness (QED) is 0.451. The zero-order valence-corrected chi connectivity index (χ0v) is 22.8. The summed E-state index contributed by atoms with van der Waals surface area (Å²) in [6.07, 6.45) is 12.7. The molecule has 4 heterocycles. The molecular weight excluding hydrogens is 496 g/mol. The maximum atomic E-state index is 12.8. The largest absolute Gasteiger partial charge is 0.444 e. The lowest BCUT2D eigenvalue weighted by Crippen LogP contribution is -2.58. The van der Waals surface area contributed by atoms with Crippen LogP contribution in [-0.4, -0.2) is 50.2 Å². The van der Waals surface area contributed by atoms with Crippen molar-refractivity contribution in [3.63, 3.8) is 0 Å². The van der Waals surface area contributed by atoms with E-state index in [-0.39, 0.29) is 17.6 Å². The molecule has 2 fully saturated rings. The number of halogens is 1. The lowest BCUT2D eigenvalue weighted by molar-refractivity contribution is 0.0420. The van der Waals surface area contributed by atoms with Gasteiger partial charge in [-0.25, -0.2) is 14.8 Å². The highest BCUT2D eigenvalue weighted by Crippen LogP contribution is 2.47. The van der Waals surface area contributed by atoms with Gasteiger partial charge in [0.2, 0.25) is 5.95 Å². The van der Waals surface area contributed by atoms with Crippen LogP contribution in [0.2, 0.25) is 5.02 Å². The number of hydrogen-bond donors (Lipinski definition) is 1. The van der Waals surface area contributed by atoms with Crippen LogP contribution in [0.5, 0.6) is 0 Å². The summed E-state index contributed by atoms with van der Waals surface area (Å²) in [7, 11) is 0. The molecule has 3 aromatic rings. The third kappa shape index (κ3) is 5.00. The molecule has 5 rings (SSSR count). The Bertz CT molecular complexity index is 1270. The van der Waals surface area contributed by atoms with Crippen molar-refractivity contribution < 1.29 is 9.53 Å². The van der Waals surface area contributed by atoms with Gasteiger partial charge in [0.25, 0.3) is 0 Å². The highest BCUT2D eigenvalue weighted by atomic mass is 35.5. The number of alkyl carbamates (subject to hydrolysis) is 1. The van der Waals surface area contributed by atoms with Crippen molar-refractivity contribution in [1.82, 2.24) is 24.7 Å². The van der Waals surface area contributed by atoms with Gasteiger partial charge in [-0.15, -0.1) is 0 Å². The second-order valence-corrected chi connectivity index (χ2v) is 12.3. The van der Waals surface area contributed by atoms with E-state index in [1.807, 2.05) is 50.6 Å². The molecule has 0 aromatic carbocycles. The number of carbonyl (C=O) groups excluding carboxylic acids is 1. The summed E-state index contributed by atoms with van der Waals surface area (Å²) in [5.74, 6) is 0.827. The van der Waals surface area contributed by atoms with Gasteiger partial charge in [-0.2, -0.15) is 0 Å². The molecule has 192 valence electrons. The molecular formula is C26H33ClN6O2S. The second-order valence-electron chi connectivity index (χ2n) is 10.8. The van der Waals surface area contributed by atoms with Crippen LogP contribution in [0, 0.1) is 12.3 Å². The number of amides is 1. The molecule has 0 radical (unpaired) electrons. The molecule has 3 aromatic heterocycles. The fraction of sp³-hybridized carbons (Fsp3) is 0.538. The smallest absolute Gasteiger partial charge is 0.407 e. The van der Waals surface area contributed by atoms with Crippen molar-refractivity contribution in [1.29, 1.82) is 0 Å². The van der Waals surface area contributed by atoms with Gasteiger partial charge in [-0.05, 0) is 58.4 Å². The van der Waals surface area contributed by atoms with Gasteiger partial charge in [-0.1, -0.05) is 36.2 Å². The van der Waals surface area contributed by atoms with Gasteiger partial charge < -0.3 is 15.0 Å². The summed E-state index contributed by atoms with van der Waals surface area (Å²) >= 11 is 8.03. The molecule has 1 aliphatic carbocycles. The minimum atomic E-state index is -0.532. The number of fused-ring (bicyclic) bond motifs is 1. The summed E-state index contributed by atoms with van der Waals surface area (Å²) < 4.78 is 7.64. The normalized spacial score (nSPS) is 19.7. The van der Waals surface area contributed by atoms with Gasteiger partial charge in [-0.3, -0.25) is 9.38 Å². The third-order valence-corrected chi connectivity index (χ3v) is 8.87. The Labute approximate surface area is 221 Å². The number of piperidine rings is 1. The van der Waals surface area contributed by atoms with E-state index in [2.05, 4.69) is 20.2 Å². The predicted octanol–water partition coefficient (Wildman–Crippen LogP) is 5.90. The summed E-state index contributed by atoms with van der Waals surface area (Å²) in [5.41, 5.74) is 1.21. The first kappa shape index (κ1) is 25.1. The number of aromatic nitrogens is 4.